The number of aromatic nitrogens is 2. The lowest BCUT2D eigenvalue weighted by Crippen LogP contribution is -2.09. The first-order chi connectivity index (χ1) is 6.11. The third-order valence-corrected chi connectivity index (χ3v) is 2.14. The van der Waals surface area contributed by atoms with Gasteiger partial charge in [-0.15, -0.1) is 12.4 Å². The molecule has 0 saturated heterocycles. The number of aryl methyl sites for hydroxylation is 2. The summed E-state index contributed by atoms with van der Waals surface area (Å²) in [5.41, 5.74) is 1.21. The number of rotatable bonds is 4. The Morgan fingerprint density at radius 1 is 1.50 bits per heavy atom. The molecule has 0 aromatic carbocycles. The molecule has 0 bridgehead atoms. The van der Waals surface area contributed by atoms with Crippen molar-refractivity contribution >= 4 is 18.2 Å². The first kappa shape index (κ1) is 13.3. The Labute approximate surface area is 92.3 Å². The maximum Gasteiger partial charge on any atom is 0.126 e. The van der Waals surface area contributed by atoms with Gasteiger partial charge in [0.05, 0.1) is 6.20 Å². The van der Waals surface area contributed by atoms with Gasteiger partial charge < -0.3 is 5.32 Å². The molecular formula is C10H20ClN3. The smallest absolute Gasteiger partial charge is 0.126 e. The van der Waals surface area contributed by atoms with E-state index in [-0.39, 0.29) is 12.4 Å². The van der Waals surface area contributed by atoms with Crippen molar-refractivity contribution in [3.63, 3.8) is 0 Å². The number of hydrogen-bond donors (Lipinski definition) is 1. The summed E-state index contributed by atoms with van der Waals surface area (Å²) in [6, 6.07) is 0. The van der Waals surface area contributed by atoms with Gasteiger partial charge in [0.2, 0.25) is 0 Å². The molecule has 0 saturated carbocycles. The Hall–Kier alpha value is -0.700. The van der Waals surface area contributed by atoms with Crippen molar-refractivity contribution in [1.29, 1.82) is 0 Å². The Balaban J connectivity index is 0.00000169. The predicted molar refractivity (Wildman–Crippen MR) is 63.1 cm³/mol. The third kappa shape index (κ3) is 3.58. The van der Waals surface area contributed by atoms with Crippen molar-refractivity contribution in [2.75, 3.05) is 11.9 Å². The maximum atomic E-state index is 4.17. The molecule has 0 aliphatic carbocycles. The second-order valence-electron chi connectivity index (χ2n) is 3.91. The molecule has 1 N–H and O–H groups in total. The Bertz CT molecular complexity index is 249. The zero-order chi connectivity index (χ0) is 9.84. The molecule has 0 atom stereocenters. The molecule has 0 fully saturated rings. The minimum atomic E-state index is 0. The summed E-state index contributed by atoms with van der Waals surface area (Å²) < 4.78 is 1.88. The van der Waals surface area contributed by atoms with Gasteiger partial charge in [-0.3, -0.25) is 4.68 Å². The van der Waals surface area contributed by atoms with Crippen LogP contribution < -0.4 is 5.32 Å². The molecule has 82 valence electrons. The van der Waals surface area contributed by atoms with Crippen molar-refractivity contribution in [2.24, 2.45) is 13.0 Å². The van der Waals surface area contributed by atoms with Gasteiger partial charge in [0.25, 0.3) is 0 Å². The van der Waals surface area contributed by atoms with Crippen LogP contribution in [0.3, 0.4) is 0 Å². The lowest BCUT2D eigenvalue weighted by Gasteiger charge is -2.09. The van der Waals surface area contributed by atoms with Gasteiger partial charge in [0, 0.05) is 19.2 Å². The summed E-state index contributed by atoms with van der Waals surface area (Å²) >= 11 is 0. The van der Waals surface area contributed by atoms with E-state index < -0.39 is 0 Å². The summed E-state index contributed by atoms with van der Waals surface area (Å²) in [6.45, 7) is 7.57. The molecule has 3 nitrogen and oxygen atoms in total. The van der Waals surface area contributed by atoms with E-state index in [9.17, 15) is 0 Å². The van der Waals surface area contributed by atoms with Crippen LogP contribution in [0.5, 0.6) is 0 Å². The van der Waals surface area contributed by atoms with Crippen LogP contribution in [0, 0.1) is 12.8 Å². The van der Waals surface area contributed by atoms with Crippen molar-refractivity contribution in [3.8, 4) is 0 Å². The molecule has 1 aromatic rings. The van der Waals surface area contributed by atoms with Gasteiger partial charge in [-0.2, -0.15) is 5.10 Å². The van der Waals surface area contributed by atoms with E-state index in [0.29, 0.717) is 0 Å². The van der Waals surface area contributed by atoms with Gasteiger partial charge in [-0.1, -0.05) is 13.8 Å². The van der Waals surface area contributed by atoms with Crippen LogP contribution in [0.2, 0.25) is 0 Å². The average molecular weight is 218 g/mol. The minimum Gasteiger partial charge on any atom is -0.370 e. The highest BCUT2D eigenvalue weighted by Crippen LogP contribution is 2.12. The van der Waals surface area contributed by atoms with E-state index in [0.717, 1.165) is 18.3 Å². The SMILES string of the molecule is Cc1cnn(C)c1NCCC(C)C.Cl. The number of nitrogens with one attached hydrogen (secondary N) is 1. The van der Waals surface area contributed by atoms with Crippen LogP contribution in [0.4, 0.5) is 5.82 Å². The quantitative estimate of drug-likeness (QED) is 0.841. The number of hydrogen-bond acceptors (Lipinski definition) is 2. The van der Waals surface area contributed by atoms with Crippen molar-refractivity contribution in [2.45, 2.75) is 27.2 Å². The topological polar surface area (TPSA) is 29.9 Å². The molecule has 0 unspecified atom stereocenters. The highest BCUT2D eigenvalue weighted by molar-refractivity contribution is 5.85. The highest BCUT2D eigenvalue weighted by Gasteiger charge is 2.02. The summed E-state index contributed by atoms with van der Waals surface area (Å²) in [7, 11) is 1.96. The van der Waals surface area contributed by atoms with Gasteiger partial charge in [-0.05, 0) is 19.3 Å². The van der Waals surface area contributed by atoms with Gasteiger partial charge >= 0.3 is 0 Å². The molecule has 1 heterocycles. The predicted octanol–water partition coefficient (Wildman–Crippen LogP) is 2.61. The molecular weight excluding hydrogens is 198 g/mol. The fourth-order valence-corrected chi connectivity index (χ4v) is 1.28. The number of nitrogens with zero attached hydrogens (tertiary/aromatic N) is 2. The Kier molecular flexibility index (Phi) is 5.62. The zero-order valence-electron chi connectivity index (χ0n) is 9.37. The summed E-state index contributed by atoms with van der Waals surface area (Å²) in [5, 5.41) is 7.56. The molecule has 14 heavy (non-hydrogen) atoms. The first-order valence-electron chi connectivity index (χ1n) is 4.83. The molecule has 0 aliphatic heterocycles. The summed E-state index contributed by atoms with van der Waals surface area (Å²) in [5.74, 6) is 1.89. The molecule has 1 rings (SSSR count). The highest BCUT2D eigenvalue weighted by atomic mass is 35.5. The van der Waals surface area contributed by atoms with Crippen LogP contribution in [0.25, 0.3) is 0 Å². The average Bonchev–Trinajstić information content (AvgIpc) is 2.34. The lowest BCUT2D eigenvalue weighted by atomic mass is 10.1. The van der Waals surface area contributed by atoms with E-state index in [1.54, 1.807) is 0 Å². The molecule has 1 aromatic heterocycles. The second kappa shape index (κ2) is 5.91. The number of halogens is 1. The monoisotopic (exact) mass is 217 g/mol. The van der Waals surface area contributed by atoms with Crippen molar-refractivity contribution in [3.05, 3.63) is 11.8 Å². The maximum absolute atomic E-state index is 4.17. The van der Waals surface area contributed by atoms with Crippen LogP contribution in [-0.4, -0.2) is 16.3 Å². The lowest BCUT2D eigenvalue weighted by molar-refractivity contribution is 0.604. The van der Waals surface area contributed by atoms with E-state index >= 15 is 0 Å². The van der Waals surface area contributed by atoms with Gasteiger partial charge in [0.15, 0.2) is 0 Å². The van der Waals surface area contributed by atoms with Crippen LogP contribution >= 0.6 is 12.4 Å². The largest absolute Gasteiger partial charge is 0.370 e. The minimum absolute atomic E-state index is 0. The Morgan fingerprint density at radius 2 is 2.14 bits per heavy atom. The zero-order valence-corrected chi connectivity index (χ0v) is 10.2. The van der Waals surface area contributed by atoms with Crippen LogP contribution in [0.15, 0.2) is 6.20 Å². The third-order valence-electron chi connectivity index (χ3n) is 2.14. The first-order valence-corrected chi connectivity index (χ1v) is 4.83. The van der Waals surface area contributed by atoms with Crippen molar-refractivity contribution < 1.29 is 0 Å². The van der Waals surface area contributed by atoms with Gasteiger partial charge in [0.1, 0.15) is 5.82 Å². The molecule has 0 aliphatic rings. The standard InChI is InChI=1S/C10H19N3.ClH/c1-8(2)5-6-11-10-9(3)7-12-13(10)4;/h7-8,11H,5-6H2,1-4H3;1H. The van der Waals surface area contributed by atoms with E-state index in [4.69, 9.17) is 0 Å². The van der Waals surface area contributed by atoms with Crippen LogP contribution in [0.1, 0.15) is 25.8 Å². The van der Waals surface area contributed by atoms with E-state index in [1.165, 1.54) is 12.0 Å². The molecule has 0 amide bonds. The summed E-state index contributed by atoms with van der Waals surface area (Å²) in [6.07, 6.45) is 3.09. The van der Waals surface area contributed by atoms with Crippen LogP contribution in [-0.2, 0) is 7.05 Å². The van der Waals surface area contributed by atoms with Gasteiger partial charge in [-0.25, -0.2) is 0 Å². The number of anilines is 1. The Morgan fingerprint density at radius 3 is 2.57 bits per heavy atom. The fourth-order valence-electron chi connectivity index (χ4n) is 1.28. The molecule has 0 spiro atoms. The van der Waals surface area contributed by atoms with Crippen molar-refractivity contribution in [1.82, 2.24) is 9.78 Å². The summed E-state index contributed by atoms with van der Waals surface area (Å²) in [4.78, 5) is 0. The van der Waals surface area contributed by atoms with E-state index in [1.807, 2.05) is 17.9 Å². The second-order valence-corrected chi connectivity index (χ2v) is 3.91. The van der Waals surface area contributed by atoms with E-state index in [2.05, 4.69) is 31.2 Å². The molecule has 0 radical (unpaired) electrons. The molecule has 4 heteroatoms. The fraction of sp³-hybridized carbons (Fsp3) is 0.700. The normalized spacial score (nSPS) is 10.1.